The zero-order valence-corrected chi connectivity index (χ0v) is 11.2. The molecule has 1 unspecified atom stereocenters. The molecule has 0 fully saturated rings. The summed E-state index contributed by atoms with van der Waals surface area (Å²) in [6, 6.07) is 0. The maximum absolute atomic E-state index is 10.8. The Kier molecular flexibility index (Phi) is 8.47. The Balaban J connectivity index is 3.19. The second kappa shape index (κ2) is 8.36. The molecule has 0 aromatic heterocycles. The van der Waals surface area contributed by atoms with Gasteiger partial charge in [-0.1, -0.05) is 6.92 Å². The van der Waals surface area contributed by atoms with Crippen molar-refractivity contribution in [3.05, 3.63) is 0 Å². The normalized spacial score (nSPS) is 14.1. The van der Waals surface area contributed by atoms with Crippen LogP contribution in [0.3, 0.4) is 0 Å². The summed E-state index contributed by atoms with van der Waals surface area (Å²) in [6.45, 7) is 3.87. The molecule has 0 aliphatic heterocycles. The molecular formula is C10H22ClNO2S. The summed E-state index contributed by atoms with van der Waals surface area (Å²) in [5.74, 6) is 1.57. The van der Waals surface area contributed by atoms with E-state index in [1.807, 2.05) is 0 Å². The predicted octanol–water partition coefficient (Wildman–Crippen LogP) is 1.67. The molecule has 0 amide bonds. The largest absolute Gasteiger partial charge is 0.317 e. The monoisotopic (exact) mass is 255 g/mol. The van der Waals surface area contributed by atoms with Crippen molar-refractivity contribution in [2.75, 3.05) is 31.0 Å². The lowest BCUT2D eigenvalue weighted by molar-refractivity contribution is 0.530. The van der Waals surface area contributed by atoms with Gasteiger partial charge in [-0.25, -0.2) is 8.42 Å². The Hall–Kier alpha value is 0.200. The third kappa shape index (κ3) is 12.1. The molecule has 1 atom stereocenters. The first-order chi connectivity index (χ1) is 6.95. The van der Waals surface area contributed by atoms with Gasteiger partial charge in [-0.05, 0) is 38.3 Å². The summed E-state index contributed by atoms with van der Waals surface area (Å²) in [5.41, 5.74) is 0. The first kappa shape index (κ1) is 15.2. The summed E-state index contributed by atoms with van der Waals surface area (Å²) in [6.07, 6.45) is 4.20. The Morgan fingerprint density at radius 2 is 1.87 bits per heavy atom. The minimum absolute atomic E-state index is 0.276. The van der Waals surface area contributed by atoms with E-state index in [2.05, 4.69) is 12.2 Å². The van der Waals surface area contributed by atoms with E-state index in [1.54, 1.807) is 0 Å². The molecule has 0 rings (SSSR count). The van der Waals surface area contributed by atoms with Crippen LogP contribution in [-0.2, 0) is 9.84 Å². The second-order valence-electron chi connectivity index (χ2n) is 4.14. The van der Waals surface area contributed by atoms with E-state index in [-0.39, 0.29) is 5.75 Å². The Bertz CT molecular complexity index is 242. The van der Waals surface area contributed by atoms with Crippen LogP contribution in [0.4, 0.5) is 0 Å². The molecule has 0 heterocycles. The van der Waals surface area contributed by atoms with Crippen molar-refractivity contribution in [1.82, 2.24) is 5.32 Å². The first-order valence-electron chi connectivity index (χ1n) is 5.40. The van der Waals surface area contributed by atoms with E-state index in [0.717, 1.165) is 25.9 Å². The maximum atomic E-state index is 10.8. The molecule has 92 valence electrons. The molecule has 3 nitrogen and oxygen atoms in total. The van der Waals surface area contributed by atoms with Gasteiger partial charge in [-0.2, -0.15) is 0 Å². The van der Waals surface area contributed by atoms with Crippen molar-refractivity contribution < 1.29 is 8.42 Å². The van der Waals surface area contributed by atoms with Crippen molar-refractivity contribution in [1.29, 1.82) is 0 Å². The molecule has 0 aromatic carbocycles. The van der Waals surface area contributed by atoms with Crippen LogP contribution in [0.15, 0.2) is 0 Å². The van der Waals surface area contributed by atoms with E-state index in [9.17, 15) is 8.42 Å². The van der Waals surface area contributed by atoms with Crippen LogP contribution in [0.1, 0.15) is 26.2 Å². The van der Waals surface area contributed by atoms with Gasteiger partial charge in [0, 0.05) is 12.1 Å². The standard InChI is InChI=1S/C10H22ClNO2S/c1-10(9-11)5-3-6-12-7-4-8-15(2,13)14/h10,12H,3-9H2,1-2H3. The minimum atomic E-state index is -2.79. The van der Waals surface area contributed by atoms with Gasteiger partial charge in [0.2, 0.25) is 0 Å². The van der Waals surface area contributed by atoms with E-state index in [0.29, 0.717) is 18.2 Å². The van der Waals surface area contributed by atoms with E-state index >= 15 is 0 Å². The van der Waals surface area contributed by atoms with Crippen LogP contribution in [-0.4, -0.2) is 39.4 Å². The zero-order chi connectivity index (χ0) is 11.7. The third-order valence-electron chi connectivity index (χ3n) is 2.18. The van der Waals surface area contributed by atoms with Gasteiger partial charge < -0.3 is 5.32 Å². The molecule has 0 aromatic rings. The predicted molar refractivity (Wildman–Crippen MR) is 66.3 cm³/mol. The molecule has 15 heavy (non-hydrogen) atoms. The third-order valence-corrected chi connectivity index (χ3v) is 3.74. The Labute approximate surface area is 98.5 Å². The molecule has 0 radical (unpaired) electrons. The smallest absolute Gasteiger partial charge is 0.147 e. The number of sulfone groups is 1. The number of alkyl halides is 1. The van der Waals surface area contributed by atoms with E-state index < -0.39 is 9.84 Å². The number of nitrogens with one attached hydrogen (secondary N) is 1. The highest BCUT2D eigenvalue weighted by Crippen LogP contribution is 2.05. The van der Waals surface area contributed by atoms with Gasteiger partial charge in [-0.15, -0.1) is 11.6 Å². The van der Waals surface area contributed by atoms with Gasteiger partial charge in [-0.3, -0.25) is 0 Å². The highest BCUT2D eigenvalue weighted by Gasteiger charge is 2.01. The summed E-state index contributed by atoms with van der Waals surface area (Å²) in [7, 11) is -2.79. The molecule has 0 saturated heterocycles. The highest BCUT2D eigenvalue weighted by molar-refractivity contribution is 7.90. The summed E-state index contributed by atoms with van der Waals surface area (Å²) in [5, 5.41) is 3.23. The fourth-order valence-electron chi connectivity index (χ4n) is 1.24. The van der Waals surface area contributed by atoms with Crippen LogP contribution in [0.2, 0.25) is 0 Å². The zero-order valence-electron chi connectivity index (χ0n) is 9.63. The molecule has 0 spiro atoms. The molecule has 0 aliphatic carbocycles. The number of hydrogen-bond donors (Lipinski definition) is 1. The number of hydrogen-bond acceptors (Lipinski definition) is 3. The van der Waals surface area contributed by atoms with Gasteiger partial charge in [0.1, 0.15) is 9.84 Å². The second-order valence-corrected chi connectivity index (χ2v) is 6.70. The van der Waals surface area contributed by atoms with Crippen LogP contribution < -0.4 is 5.32 Å². The van der Waals surface area contributed by atoms with Gasteiger partial charge in [0.05, 0.1) is 5.75 Å². The average molecular weight is 256 g/mol. The SMILES string of the molecule is CC(CCl)CCCNCCCS(C)(=O)=O. The van der Waals surface area contributed by atoms with Crippen molar-refractivity contribution in [2.45, 2.75) is 26.2 Å². The molecule has 0 aliphatic rings. The minimum Gasteiger partial charge on any atom is -0.317 e. The lowest BCUT2D eigenvalue weighted by Gasteiger charge is -2.07. The van der Waals surface area contributed by atoms with Crippen LogP contribution >= 0.6 is 11.6 Å². The number of halogens is 1. The molecular weight excluding hydrogens is 234 g/mol. The molecule has 0 bridgehead atoms. The Morgan fingerprint density at radius 3 is 2.40 bits per heavy atom. The fraction of sp³-hybridized carbons (Fsp3) is 1.00. The van der Waals surface area contributed by atoms with Crippen molar-refractivity contribution in [3.8, 4) is 0 Å². The van der Waals surface area contributed by atoms with Crippen molar-refractivity contribution >= 4 is 21.4 Å². The van der Waals surface area contributed by atoms with E-state index in [4.69, 9.17) is 11.6 Å². The lowest BCUT2D eigenvalue weighted by atomic mass is 10.1. The van der Waals surface area contributed by atoms with Crippen molar-refractivity contribution in [2.24, 2.45) is 5.92 Å². The number of rotatable bonds is 9. The molecule has 5 heteroatoms. The highest BCUT2D eigenvalue weighted by atomic mass is 35.5. The molecule has 1 N–H and O–H groups in total. The summed E-state index contributed by atoms with van der Waals surface area (Å²) >= 11 is 5.68. The lowest BCUT2D eigenvalue weighted by Crippen LogP contribution is -2.19. The van der Waals surface area contributed by atoms with Crippen LogP contribution in [0.25, 0.3) is 0 Å². The van der Waals surface area contributed by atoms with Gasteiger partial charge >= 0.3 is 0 Å². The van der Waals surface area contributed by atoms with Gasteiger partial charge in [0.25, 0.3) is 0 Å². The van der Waals surface area contributed by atoms with Crippen LogP contribution in [0, 0.1) is 5.92 Å². The Morgan fingerprint density at radius 1 is 1.27 bits per heavy atom. The average Bonchev–Trinajstić information content (AvgIpc) is 2.14. The molecule has 0 saturated carbocycles. The summed E-state index contributed by atoms with van der Waals surface area (Å²) < 4.78 is 21.6. The van der Waals surface area contributed by atoms with E-state index in [1.165, 1.54) is 6.26 Å². The quantitative estimate of drug-likeness (QED) is 0.504. The topological polar surface area (TPSA) is 46.2 Å². The van der Waals surface area contributed by atoms with Gasteiger partial charge in [0.15, 0.2) is 0 Å². The van der Waals surface area contributed by atoms with Crippen molar-refractivity contribution in [3.63, 3.8) is 0 Å². The first-order valence-corrected chi connectivity index (χ1v) is 7.99. The summed E-state index contributed by atoms with van der Waals surface area (Å²) in [4.78, 5) is 0. The fourth-order valence-corrected chi connectivity index (χ4v) is 2.06. The van der Waals surface area contributed by atoms with Crippen LogP contribution in [0.5, 0.6) is 0 Å². The maximum Gasteiger partial charge on any atom is 0.147 e.